The van der Waals surface area contributed by atoms with Gasteiger partial charge >= 0.3 is 0 Å². The molecule has 0 radical (unpaired) electrons. The fourth-order valence-electron chi connectivity index (χ4n) is 0.941. The second-order valence-electron chi connectivity index (χ2n) is 2.62. The van der Waals surface area contributed by atoms with E-state index in [0.29, 0.717) is 29.8 Å². The van der Waals surface area contributed by atoms with Crippen LogP contribution in [-0.4, -0.2) is 25.2 Å². The molecule has 0 atom stereocenters. The number of nitrogens with two attached hydrogens (primary N) is 1. The molecule has 1 heterocycles. The summed E-state index contributed by atoms with van der Waals surface area (Å²) in [5, 5.41) is 0.494. The smallest absolute Gasteiger partial charge is 0.258 e. The fourth-order valence-corrected chi connectivity index (χ4v) is 1.13. The summed E-state index contributed by atoms with van der Waals surface area (Å²) in [6.07, 6.45) is 2.34. The van der Waals surface area contributed by atoms with E-state index in [4.69, 9.17) is 26.8 Å². The maximum atomic E-state index is 5.91. The van der Waals surface area contributed by atoms with Crippen molar-refractivity contribution in [2.75, 3.05) is 20.3 Å². The first-order valence-electron chi connectivity index (χ1n) is 4.31. The molecule has 2 N–H and O–H groups in total. The normalized spacial score (nSPS) is 9.93. The molecule has 0 aliphatic heterocycles. The topological polar surface area (TPSA) is 57.4 Å². The van der Waals surface area contributed by atoms with Crippen LogP contribution in [0.2, 0.25) is 5.02 Å². The number of hydrogen-bond donors (Lipinski definition) is 1. The molecule has 0 aliphatic rings. The summed E-state index contributed by atoms with van der Waals surface area (Å²) in [4.78, 5) is 3.97. The highest BCUT2D eigenvalue weighted by Crippen LogP contribution is 2.32. The Balaban J connectivity index is 2.72. The van der Waals surface area contributed by atoms with E-state index < -0.39 is 0 Å². The van der Waals surface area contributed by atoms with Crippen LogP contribution < -0.4 is 15.2 Å². The van der Waals surface area contributed by atoms with Crippen LogP contribution in [0.5, 0.6) is 11.6 Å². The van der Waals surface area contributed by atoms with Crippen molar-refractivity contribution in [3.8, 4) is 11.6 Å². The van der Waals surface area contributed by atoms with Gasteiger partial charge in [-0.3, -0.25) is 0 Å². The fraction of sp³-hybridized carbons (Fsp3) is 0.444. The van der Waals surface area contributed by atoms with Crippen LogP contribution in [0.25, 0.3) is 0 Å². The quantitative estimate of drug-likeness (QED) is 0.758. The van der Waals surface area contributed by atoms with Crippen molar-refractivity contribution >= 4 is 11.6 Å². The standard InChI is InChI=1S/C9H13ClN2O2/c1-13-9-8(14-6-2-4-11)7(10)3-5-12-9/h3,5H,2,4,6,11H2,1H3. The maximum absolute atomic E-state index is 5.91. The summed E-state index contributed by atoms with van der Waals surface area (Å²) in [7, 11) is 1.52. The Hall–Kier alpha value is -1.00. The Morgan fingerprint density at radius 3 is 3.00 bits per heavy atom. The molecule has 0 aromatic carbocycles. The highest BCUT2D eigenvalue weighted by Gasteiger charge is 2.09. The predicted octanol–water partition coefficient (Wildman–Crippen LogP) is 1.47. The molecular formula is C9H13ClN2O2. The van der Waals surface area contributed by atoms with Crippen molar-refractivity contribution < 1.29 is 9.47 Å². The van der Waals surface area contributed by atoms with E-state index in [2.05, 4.69) is 4.98 Å². The van der Waals surface area contributed by atoms with E-state index in [-0.39, 0.29) is 0 Å². The van der Waals surface area contributed by atoms with Crippen LogP contribution in [0.4, 0.5) is 0 Å². The minimum absolute atomic E-state index is 0.398. The van der Waals surface area contributed by atoms with Crippen LogP contribution in [0.3, 0.4) is 0 Å². The largest absolute Gasteiger partial charge is 0.487 e. The molecular weight excluding hydrogens is 204 g/mol. The summed E-state index contributed by atoms with van der Waals surface area (Å²) in [5.74, 6) is 0.875. The number of halogens is 1. The Labute approximate surface area is 88.0 Å². The van der Waals surface area contributed by atoms with Gasteiger partial charge in [0.2, 0.25) is 0 Å². The van der Waals surface area contributed by atoms with Crippen LogP contribution in [-0.2, 0) is 0 Å². The average molecular weight is 217 g/mol. The number of pyridine rings is 1. The number of methoxy groups -OCH3 is 1. The van der Waals surface area contributed by atoms with Gasteiger partial charge in [0, 0.05) is 6.20 Å². The number of hydrogen-bond acceptors (Lipinski definition) is 4. The summed E-state index contributed by atoms with van der Waals surface area (Å²) in [6.45, 7) is 1.10. The third-order valence-electron chi connectivity index (χ3n) is 1.61. The third kappa shape index (κ3) is 2.75. The Morgan fingerprint density at radius 2 is 2.36 bits per heavy atom. The van der Waals surface area contributed by atoms with Gasteiger partial charge in [-0.15, -0.1) is 0 Å². The third-order valence-corrected chi connectivity index (χ3v) is 1.91. The molecule has 4 nitrogen and oxygen atoms in total. The second kappa shape index (κ2) is 5.67. The lowest BCUT2D eigenvalue weighted by Crippen LogP contribution is -2.07. The number of ether oxygens (including phenoxy) is 2. The minimum Gasteiger partial charge on any atom is -0.487 e. The number of nitrogens with zero attached hydrogens (tertiary/aromatic N) is 1. The van der Waals surface area contributed by atoms with Crippen molar-refractivity contribution in [2.45, 2.75) is 6.42 Å². The van der Waals surface area contributed by atoms with Crippen LogP contribution in [0, 0.1) is 0 Å². The molecule has 1 rings (SSSR count). The van der Waals surface area contributed by atoms with Gasteiger partial charge in [-0.05, 0) is 19.0 Å². The molecule has 0 saturated carbocycles. The summed E-state index contributed by atoms with van der Waals surface area (Å²) >= 11 is 5.91. The van der Waals surface area contributed by atoms with Gasteiger partial charge in [0.25, 0.3) is 5.88 Å². The van der Waals surface area contributed by atoms with Crippen molar-refractivity contribution in [3.63, 3.8) is 0 Å². The lowest BCUT2D eigenvalue weighted by Gasteiger charge is -2.10. The Bertz CT molecular complexity index is 294. The monoisotopic (exact) mass is 216 g/mol. The van der Waals surface area contributed by atoms with E-state index >= 15 is 0 Å². The van der Waals surface area contributed by atoms with Crippen LogP contribution >= 0.6 is 11.6 Å². The number of rotatable bonds is 5. The molecule has 0 aliphatic carbocycles. The summed E-state index contributed by atoms with van der Waals surface area (Å²) in [6, 6.07) is 1.65. The maximum Gasteiger partial charge on any atom is 0.258 e. The zero-order chi connectivity index (χ0) is 10.4. The first-order chi connectivity index (χ1) is 6.79. The van der Waals surface area contributed by atoms with Crippen molar-refractivity contribution in [1.29, 1.82) is 0 Å². The molecule has 5 heteroatoms. The highest BCUT2D eigenvalue weighted by atomic mass is 35.5. The molecule has 78 valence electrons. The van der Waals surface area contributed by atoms with Gasteiger partial charge in [-0.1, -0.05) is 11.6 Å². The van der Waals surface area contributed by atoms with Crippen molar-refractivity contribution in [3.05, 3.63) is 17.3 Å². The van der Waals surface area contributed by atoms with Crippen LogP contribution in [0.1, 0.15) is 6.42 Å². The first-order valence-corrected chi connectivity index (χ1v) is 4.68. The lowest BCUT2D eigenvalue weighted by molar-refractivity contribution is 0.286. The molecule has 1 aromatic heterocycles. The Kier molecular flexibility index (Phi) is 4.49. The average Bonchev–Trinajstić information content (AvgIpc) is 2.20. The van der Waals surface area contributed by atoms with Crippen LogP contribution in [0.15, 0.2) is 12.3 Å². The summed E-state index contributed by atoms with van der Waals surface area (Å²) in [5.41, 5.74) is 5.34. The van der Waals surface area contributed by atoms with Crippen molar-refractivity contribution in [2.24, 2.45) is 5.73 Å². The molecule has 0 spiro atoms. The highest BCUT2D eigenvalue weighted by molar-refractivity contribution is 6.32. The van der Waals surface area contributed by atoms with Crippen molar-refractivity contribution in [1.82, 2.24) is 4.98 Å². The lowest BCUT2D eigenvalue weighted by atomic mass is 10.4. The van der Waals surface area contributed by atoms with E-state index in [1.54, 1.807) is 12.3 Å². The molecule has 0 bridgehead atoms. The molecule has 1 aromatic rings. The van der Waals surface area contributed by atoms with Gasteiger partial charge in [0.15, 0.2) is 5.75 Å². The van der Waals surface area contributed by atoms with E-state index in [1.165, 1.54) is 7.11 Å². The van der Waals surface area contributed by atoms with Gasteiger partial charge < -0.3 is 15.2 Å². The molecule has 0 fully saturated rings. The molecule has 0 unspecified atom stereocenters. The van der Waals surface area contributed by atoms with E-state index in [0.717, 1.165) is 6.42 Å². The second-order valence-corrected chi connectivity index (χ2v) is 3.03. The van der Waals surface area contributed by atoms with E-state index in [9.17, 15) is 0 Å². The predicted molar refractivity (Wildman–Crippen MR) is 55.0 cm³/mol. The van der Waals surface area contributed by atoms with Gasteiger partial charge in [0.1, 0.15) is 0 Å². The van der Waals surface area contributed by atoms with Gasteiger partial charge in [-0.2, -0.15) is 0 Å². The number of aromatic nitrogens is 1. The molecule has 14 heavy (non-hydrogen) atoms. The first kappa shape index (κ1) is 11.1. The van der Waals surface area contributed by atoms with Gasteiger partial charge in [-0.25, -0.2) is 4.98 Å². The molecule has 0 amide bonds. The SMILES string of the molecule is COc1nccc(Cl)c1OCCCN. The van der Waals surface area contributed by atoms with Gasteiger partial charge in [0.05, 0.1) is 18.7 Å². The zero-order valence-corrected chi connectivity index (χ0v) is 8.75. The molecule has 0 saturated heterocycles. The minimum atomic E-state index is 0.398. The Morgan fingerprint density at radius 1 is 1.57 bits per heavy atom. The zero-order valence-electron chi connectivity index (χ0n) is 8.00. The van der Waals surface area contributed by atoms with E-state index in [1.807, 2.05) is 0 Å². The summed E-state index contributed by atoms with van der Waals surface area (Å²) < 4.78 is 10.4.